The summed E-state index contributed by atoms with van der Waals surface area (Å²) in [6, 6.07) is 1.67. The molecule has 0 amide bonds. The quantitative estimate of drug-likeness (QED) is 0.365. The number of hydrogen-bond donors (Lipinski definition) is 2. The lowest BCUT2D eigenvalue weighted by Crippen LogP contribution is -2.02. The first-order chi connectivity index (χ1) is 6.73. The van der Waals surface area contributed by atoms with Gasteiger partial charge in [0.1, 0.15) is 10.6 Å². The highest BCUT2D eigenvalue weighted by Gasteiger charge is 2.21. The monoisotopic (exact) mass is 296 g/mol. The summed E-state index contributed by atoms with van der Waals surface area (Å²) in [4.78, 5) is 9.06. The van der Waals surface area contributed by atoms with Crippen LogP contribution in [-0.4, -0.2) is 17.9 Å². The molecule has 15 heavy (non-hydrogen) atoms. The summed E-state index contributed by atoms with van der Waals surface area (Å²) in [5.41, 5.74) is 4.54. The zero-order valence-corrected chi connectivity index (χ0v) is 9.45. The Kier molecular flexibility index (Phi) is 2.98. The van der Waals surface area contributed by atoms with E-state index in [0.717, 1.165) is 6.07 Å². The van der Waals surface area contributed by atoms with E-state index < -0.39 is 25.6 Å². The maximum Gasteiger partial charge on any atom is 0.294 e. The van der Waals surface area contributed by atoms with Gasteiger partial charge in [-0.05, 0) is 22.0 Å². The molecule has 0 unspecified atom stereocenters. The van der Waals surface area contributed by atoms with E-state index in [1.54, 1.807) is 0 Å². The van der Waals surface area contributed by atoms with E-state index >= 15 is 0 Å². The Labute approximate surface area is 92.9 Å². The minimum atomic E-state index is -4.49. The van der Waals surface area contributed by atoms with Gasteiger partial charge in [0.25, 0.3) is 15.8 Å². The molecule has 0 aliphatic carbocycles. The minimum absolute atomic E-state index is 0.0318. The average Bonchev–Trinajstić information content (AvgIpc) is 2.06. The molecule has 0 bridgehead atoms. The number of halogens is 1. The molecule has 0 fully saturated rings. The minimum Gasteiger partial charge on any atom is -0.392 e. The van der Waals surface area contributed by atoms with Crippen molar-refractivity contribution < 1.29 is 17.9 Å². The predicted octanol–water partition coefficient (Wildman–Crippen LogP) is 1.19. The molecule has 0 heterocycles. The second-order valence-corrected chi connectivity index (χ2v) is 4.85. The normalized spacial score (nSPS) is 11.3. The van der Waals surface area contributed by atoms with Gasteiger partial charge in [-0.3, -0.25) is 14.7 Å². The second kappa shape index (κ2) is 3.76. The Morgan fingerprint density at radius 2 is 2.00 bits per heavy atom. The third-order valence-electron chi connectivity index (χ3n) is 1.58. The number of anilines is 1. The van der Waals surface area contributed by atoms with Crippen molar-refractivity contribution in [2.45, 2.75) is 4.90 Å². The van der Waals surface area contributed by atoms with Crippen LogP contribution in [0.1, 0.15) is 0 Å². The molecule has 9 heteroatoms. The maximum atomic E-state index is 10.7. The van der Waals surface area contributed by atoms with Crippen LogP contribution in [0.5, 0.6) is 0 Å². The van der Waals surface area contributed by atoms with Crippen LogP contribution in [-0.2, 0) is 10.1 Å². The van der Waals surface area contributed by atoms with Crippen molar-refractivity contribution in [3.05, 3.63) is 26.7 Å². The van der Waals surface area contributed by atoms with E-state index in [1.807, 2.05) is 0 Å². The molecule has 1 aromatic rings. The Balaban J connectivity index is 3.57. The zero-order chi connectivity index (χ0) is 11.8. The van der Waals surface area contributed by atoms with Gasteiger partial charge in [-0.15, -0.1) is 0 Å². The third-order valence-corrected chi connectivity index (χ3v) is 3.06. The molecule has 7 nitrogen and oxygen atoms in total. The van der Waals surface area contributed by atoms with E-state index in [9.17, 15) is 18.5 Å². The molecular formula is C6H5BrN2O5S. The molecule has 0 atom stereocenters. The molecule has 3 N–H and O–H groups in total. The molecule has 0 spiro atoms. The van der Waals surface area contributed by atoms with Gasteiger partial charge in [-0.1, -0.05) is 0 Å². The molecule has 0 saturated heterocycles. The number of nitrogen functional groups attached to an aromatic ring is 1. The standard InChI is InChI=1S/C6H5BrN2O5S/c7-4-1-3(15(12,13)14)2-5(6(4)8)9(10)11/h1-2H,8H2,(H,12,13,14). The number of nitro benzene ring substituents is 1. The highest BCUT2D eigenvalue weighted by atomic mass is 79.9. The van der Waals surface area contributed by atoms with E-state index in [0.29, 0.717) is 6.07 Å². The van der Waals surface area contributed by atoms with Gasteiger partial charge in [-0.25, -0.2) is 0 Å². The summed E-state index contributed by atoms with van der Waals surface area (Å²) in [5.74, 6) is 0. The molecule has 0 aromatic heterocycles. The van der Waals surface area contributed by atoms with Crippen molar-refractivity contribution in [2.75, 3.05) is 5.73 Å². The third kappa shape index (κ3) is 2.43. The summed E-state index contributed by atoms with van der Waals surface area (Å²) >= 11 is 2.85. The van der Waals surface area contributed by atoms with Crippen LogP contribution >= 0.6 is 15.9 Å². The zero-order valence-electron chi connectivity index (χ0n) is 7.05. The van der Waals surface area contributed by atoms with Gasteiger partial charge in [0, 0.05) is 10.5 Å². The first-order valence-corrected chi connectivity index (χ1v) is 5.67. The van der Waals surface area contributed by atoms with Crippen LogP contribution in [0.15, 0.2) is 21.5 Å². The van der Waals surface area contributed by atoms with Gasteiger partial charge < -0.3 is 5.73 Å². The van der Waals surface area contributed by atoms with Crippen molar-refractivity contribution in [3.63, 3.8) is 0 Å². The first kappa shape index (κ1) is 11.9. The fourth-order valence-corrected chi connectivity index (χ4v) is 2.01. The molecule has 1 rings (SSSR count). The Morgan fingerprint density at radius 1 is 1.47 bits per heavy atom. The lowest BCUT2D eigenvalue weighted by Gasteiger charge is -2.02. The number of nitro groups is 1. The van der Waals surface area contributed by atoms with E-state index in [2.05, 4.69) is 15.9 Å². The van der Waals surface area contributed by atoms with Gasteiger partial charge in [0.2, 0.25) is 0 Å². The maximum absolute atomic E-state index is 10.7. The molecule has 0 aliphatic heterocycles. The predicted molar refractivity (Wildman–Crippen MR) is 55.0 cm³/mol. The average molecular weight is 297 g/mol. The number of nitrogens with two attached hydrogens (primary N) is 1. The highest BCUT2D eigenvalue weighted by Crippen LogP contribution is 2.32. The summed E-state index contributed by atoms with van der Waals surface area (Å²) in [6.45, 7) is 0. The SMILES string of the molecule is Nc1c(Br)cc(S(=O)(=O)O)cc1[N+](=O)[O-]. The lowest BCUT2D eigenvalue weighted by atomic mass is 10.3. The number of rotatable bonds is 2. The van der Waals surface area contributed by atoms with Crippen LogP contribution in [0.2, 0.25) is 0 Å². The fraction of sp³-hybridized carbons (Fsp3) is 0. The molecule has 0 saturated carbocycles. The molecular weight excluding hydrogens is 292 g/mol. The number of benzene rings is 1. The van der Waals surface area contributed by atoms with Crippen LogP contribution in [0.3, 0.4) is 0 Å². The van der Waals surface area contributed by atoms with Gasteiger partial charge >= 0.3 is 0 Å². The van der Waals surface area contributed by atoms with Gasteiger partial charge in [0.15, 0.2) is 0 Å². The summed E-state index contributed by atoms with van der Waals surface area (Å²) in [7, 11) is -4.49. The smallest absolute Gasteiger partial charge is 0.294 e. The van der Waals surface area contributed by atoms with Gasteiger partial charge in [0.05, 0.1) is 4.92 Å². The Bertz CT molecular complexity index is 527. The van der Waals surface area contributed by atoms with Crippen LogP contribution < -0.4 is 5.73 Å². The summed E-state index contributed by atoms with van der Waals surface area (Å²) in [6.07, 6.45) is 0. The van der Waals surface area contributed by atoms with E-state index in [-0.39, 0.29) is 10.2 Å². The number of hydrogen-bond acceptors (Lipinski definition) is 5. The van der Waals surface area contributed by atoms with Crippen molar-refractivity contribution in [1.29, 1.82) is 0 Å². The first-order valence-electron chi connectivity index (χ1n) is 3.44. The van der Waals surface area contributed by atoms with Crippen molar-refractivity contribution >= 4 is 37.4 Å². The Morgan fingerprint density at radius 3 is 2.40 bits per heavy atom. The van der Waals surface area contributed by atoms with Crippen molar-refractivity contribution in [3.8, 4) is 0 Å². The van der Waals surface area contributed by atoms with Crippen molar-refractivity contribution in [2.24, 2.45) is 0 Å². The van der Waals surface area contributed by atoms with Crippen molar-refractivity contribution in [1.82, 2.24) is 0 Å². The molecule has 0 radical (unpaired) electrons. The molecule has 1 aromatic carbocycles. The molecule has 82 valence electrons. The van der Waals surface area contributed by atoms with E-state index in [1.165, 1.54) is 0 Å². The summed E-state index contributed by atoms with van der Waals surface area (Å²) in [5, 5.41) is 10.5. The lowest BCUT2D eigenvalue weighted by molar-refractivity contribution is -0.384. The summed E-state index contributed by atoms with van der Waals surface area (Å²) < 4.78 is 30.2. The van der Waals surface area contributed by atoms with Crippen LogP contribution in [0.4, 0.5) is 11.4 Å². The van der Waals surface area contributed by atoms with Crippen LogP contribution in [0, 0.1) is 10.1 Å². The topological polar surface area (TPSA) is 124 Å². The Hall–Kier alpha value is -1.19. The highest BCUT2D eigenvalue weighted by molar-refractivity contribution is 9.10. The van der Waals surface area contributed by atoms with E-state index in [4.69, 9.17) is 10.3 Å². The fourth-order valence-electron chi connectivity index (χ4n) is 0.879. The van der Waals surface area contributed by atoms with Crippen LogP contribution in [0.25, 0.3) is 0 Å². The van der Waals surface area contributed by atoms with Gasteiger partial charge in [-0.2, -0.15) is 8.42 Å². The molecule has 0 aliphatic rings. The second-order valence-electron chi connectivity index (χ2n) is 2.57. The largest absolute Gasteiger partial charge is 0.392 e. The number of nitrogens with zero attached hydrogens (tertiary/aromatic N) is 1.